The van der Waals surface area contributed by atoms with Crippen LogP contribution < -0.4 is 10.2 Å². The summed E-state index contributed by atoms with van der Waals surface area (Å²) >= 11 is 0. The zero-order valence-electron chi connectivity index (χ0n) is 12.6. The first kappa shape index (κ1) is 15.9. The Balaban J connectivity index is 1.88. The minimum absolute atomic E-state index is 0.198. The number of amides is 1. The van der Waals surface area contributed by atoms with Gasteiger partial charge in [-0.1, -0.05) is 5.92 Å². The lowest BCUT2D eigenvalue weighted by atomic mass is 10.2. The predicted octanol–water partition coefficient (Wildman–Crippen LogP) is 0.590. The number of rotatable bonds is 5. The van der Waals surface area contributed by atoms with Crippen molar-refractivity contribution in [1.29, 1.82) is 0 Å². The molecule has 1 N–H and O–H groups in total. The molecule has 5 nitrogen and oxygen atoms in total. The van der Waals surface area contributed by atoms with E-state index in [1.807, 2.05) is 6.07 Å². The van der Waals surface area contributed by atoms with E-state index in [1.165, 1.54) is 0 Å². The number of anilines is 1. The molecule has 0 radical (unpaired) electrons. The topological polar surface area (TPSA) is 48.5 Å². The molecule has 0 spiro atoms. The number of hydrogen-bond acceptors (Lipinski definition) is 4. The molecule has 0 atom stereocenters. The molecule has 1 aliphatic rings. The SMILES string of the molecule is C#CCCN1CCN(c2ccc(C(=O)NCC#C)cn2)CC1. The molecule has 0 aliphatic carbocycles. The van der Waals surface area contributed by atoms with Crippen molar-refractivity contribution in [3.05, 3.63) is 23.9 Å². The smallest absolute Gasteiger partial charge is 0.253 e. The summed E-state index contributed by atoms with van der Waals surface area (Å²) in [4.78, 5) is 20.7. The lowest BCUT2D eigenvalue weighted by molar-refractivity contribution is 0.0958. The molecule has 2 rings (SSSR count). The summed E-state index contributed by atoms with van der Waals surface area (Å²) in [7, 11) is 0. The average molecular weight is 296 g/mol. The number of carbonyl (C=O) groups is 1. The third kappa shape index (κ3) is 4.25. The maximum absolute atomic E-state index is 11.8. The largest absolute Gasteiger partial charge is 0.354 e. The maximum Gasteiger partial charge on any atom is 0.253 e. The number of carbonyl (C=O) groups excluding carboxylic acids is 1. The van der Waals surface area contributed by atoms with Gasteiger partial charge in [0.25, 0.3) is 5.91 Å². The van der Waals surface area contributed by atoms with E-state index in [0.717, 1.165) is 45.0 Å². The molecule has 1 saturated heterocycles. The van der Waals surface area contributed by atoms with E-state index in [2.05, 4.69) is 31.9 Å². The van der Waals surface area contributed by atoms with E-state index >= 15 is 0 Å². The van der Waals surface area contributed by atoms with Gasteiger partial charge < -0.3 is 10.2 Å². The lowest BCUT2D eigenvalue weighted by Crippen LogP contribution is -2.46. The van der Waals surface area contributed by atoms with E-state index in [0.29, 0.717) is 5.56 Å². The summed E-state index contributed by atoms with van der Waals surface area (Å²) in [5, 5.41) is 2.62. The van der Waals surface area contributed by atoms with Crippen LogP contribution in [0.25, 0.3) is 0 Å². The summed E-state index contributed by atoms with van der Waals surface area (Å²) in [5.41, 5.74) is 0.520. The quantitative estimate of drug-likeness (QED) is 0.808. The fourth-order valence-corrected chi connectivity index (χ4v) is 2.36. The van der Waals surface area contributed by atoms with Gasteiger partial charge in [0.2, 0.25) is 0 Å². The molecular formula is C17H20N4O. The Hall–Kier alpha value is -2.50. The van der Waals surface area contributed by atoms with Crippen LogP contribution in [0, 0.1) is 24.7 Å². The lowest BCUT2D eigenvalue weighted by Gasteiger charge is -2.35. The summed E-state index contributed by atoms with van der Waals surface area (Å²) in [6, 6.07) is 3.65. The van der Waals surface area contributed by atoms with Gasteiger partial charge in [-0.05, 0) is 12.1 Å². The molecule has 1 aromatic rings. The first-order chi connectivity index (χ1) is 10.7. The van der Waals surface area contributed by atoms with Crippen LogP contribution in [-0.4, -0.2) is 55.1 Å². The van der Waals surface area contributed by atoms with Crippen LogP contribution in [0.3, 0.4) is 0 Å². The molecule has 1 aliphatic heterocycles. The molecule has 0 saturated carbocycles. The van der Waals surface area contributed by atoms with Gasteiger partial charge in [0.05, 0.1) is 12.1 Å². The minimum Gasteiger partial charge on any atom is -0.354 e. The van der Waals surface area contributed by atoms with Crippen molar-refractivity contribution in [2.24, 2.45) is 0 Å². The number of aromatic nitrogens is 1. The number of pyridine rings is 1. The Labute approximate surface area is 131 Å². The van der Waals surface area contributed by atoms with Crippen LogP contribution in [0.4, 0.5) is 5.82 Å². The van der Waals surface area contributed by atoms with Crippen molar-refractivity contribution in [2.75, 3.05) is 44.2 Å². The van der Waals surface area contributed by atoms with Crippen LogP contribution in [0.15, 0.2) is 18.3 Å². The van der Waals surface area contributed by atoms with Crippen molar-refractivity contribution >= 4 is 11.7 Å². The Morgan fingerprint density at radius 3 is 2.59 bits per heavy atom. The predicted molar refractivity (Wildman–Crippen MR) is 87.5 cm³/mol. The molecule has 0 bridgehead atoms. The minimum atomic E-state index is -0.198. The maximum atomic E-state index is 11.8. The first-order valence-electron chi connectivity index (χ1n) is 7.33. The standard InChI is InChI=1S/C17H20N4O/c1-3-5-9-20-10-12-21(13-11-20)16-7-6-15(14-19-16)17(22)18-8-4-2/h1-2,6-7,14H,5,8-13H2,(H,18,22). The van der Waals surface area contributed by atoms with Crippen molar-refractivity contribution in [3.63, 3.8) is 0 Å². The average Bonchev–Trinajstić information content (AvgIpc) is 2.58. The molecule has 1 fully saturated rings. The fourth-order valence-electron chi connectivity index (χ4n) is 2.36. The molecule has 2 heterocycles. The van der Waals surface area contributed by atoms with E-state index in [-0.39, 0.29) is 12.5 Å². The number of piperazine rings is 1. The van der Waals surface area contributed by atoms with Crippen molar-refractivity contribution in [1.82, 2.24) is 15.2 Å². The van der Waals surface area contributed by atoms with Crippen molar-refractivity contribution in [2.45, 2.75) is 6.42 Å². The molecular weight excluding hydrogens is 276 g/mol. The molecule has 5 heteroatoms. The number of nitrogens with one attached hydrogen (secondary N) is 1. The molecule has 22 heavy (non-hydrogen) atoms. The Morgan fingerprint density at radius 1 is 1.23 bits per heavy atom. The van der Waals surface area contributed by atoms with Crippen molar-refractivity contribution in [3.8, 4) is 24.7 Å². The molecule has 0 aromatic carbocycles. The normalized spacial score (nSPS) is 14.9. The zero-order valence-corrected chi connectivity index (χ0v) is 12.6. The summed E-state index contributed by atoms with van der Waals surface area (Å²) in [5.74, 6) is 5.74. The summed E-state index contributed by atoms with van der Waals surface area (Å²) < 4.78 is 0. The van der Waals surface area contributed by atoms with Gasteiger partial charge in [0, 0.05) is 45.3 Å². The second kappa shape index (κ2) is 8.07. The highest BCUT2D eigenvalue weighted by atomic mass is 16.1. The second-order valence-electron chi connectivity index (χ2n) is 5.07. The second-order valence-corrected chi connectivity index (χ2v) is 5.07. The number of hydrogen-bond donors (Lipinski definition) is 1. The monoisotopic (exact) mass is 296 g/mol. The zero-order chi connectivity index (χ0) is 15.8. The summed E-state index contributed by atoms with van der Waals surface area (Å²) in [6.45, 7) is 4.97. The van der Waals surface area contributed by atoms with Gasteiger partial charge in [0.15, 0.2) is 0 Å². The van der Waals surface area contributed by atoms with Gasteiger partial charge in [-0.15, -0.1) is 18.8 Å². The van der Waals surface area contributed by atoms with Gasteiger partial charge >= 0.3 is 0 Å². The third-order valence-electron chi connectivity index (χ3n) is 3.63. The highest BCUT2D eigenvalue weighted by Gasteiger charge is 2.17. The van der Waals surface area contributed by atoms with E-state index in [4.69, 9.17) is 12.8 Å². The van der Waals surface area contributed by atoms with E-state index in [9.17, 15) is 4.79 Å². The number of nitrogens with zero attached hydrogens (tertiary/aromatic N) is 3. The van der Waals surface area contributed by atoms with Crippen LogP contribution in [0.2, 0.25) is 0 Å². The Kier molecular flexibility index (Phi) is 5.82. The number of terminal acetylenes is 2. The van der Waals surface area contributed by atoms with Crippen LogP contribution in [0.1, 0.15) is 16.8 Å². The highest BCUT2D eigenvalue weighted by Crippen LogP contribution is 2.14. The van der Waals surface area contributed by atoms with Crippen molar-refractivity contribution < 1.29 is 4.79 Å². The molecule has 1 amide bonds. The van der Waals surface area contributed by atoms with Crippen LogP contribution in [0.5, 0.6) is 0 Å². The fraction of sp³-hybridized carbons (Fsp3) is 0.412. The molecule has 114 valence electrons. The van der Waals surface area contributed by atoms with E-state index in [1.54, 1.807) is 12.3 Å². The molecule has 1 aromatic heterocycles. The van der Waals surface area contributed by atoms with Gasteiger partial charge in [-0.3, -0.25) is 9.69 Å². The third-order valence-corrected chi connectivity index (χ3v) is 3.63. The van der Waals surface area contributed by atoms with E-state index < -0.39 is 0 Å². The first-order valence-corrected chi connectivity index (χ1v) is 7.33. The van der Waals surface area contributed by atoms with Crippen LogP contribution >= 0.6 is 0 Å². The van der Waals surface area contributed by atoms with Gasteiger partial charge in [-0.25, -0.2) is 4.98 Å². The molecule has 0 unspecified atom stereocenters. The highest BCUT2D eigenvalue weighted by molar-refractivity contribution is 5.94. The van der Waals surface area contributed by atoms with Gasteiger partial charge in [-0.2, -0.15) is 0 Å². The van der Waals surface area contributed by atoms with Crippen LogP contribution in [-0.2, 0) is 0 Å². The Morgan fingerprint density at radius 2 is 2.00 bits per heavy atom. The Bertz CT molecular complexity index is 574. The van der Waals surface area contributed by atoms with Gasteiger partial charge in [0.1, 0.15) is 5.82 Å². The summed E-state index contributed by atoms with van der Waals surface area (Å²) in [6.07, 6.45) is 12.8.